The van der Waals surface area contributed by atoms with E-state index < -0.39 is 22.3 Å². The second kappa shape index (κ2) is 6.41. The summed E-state index contributed by atoms with van der Waals surface area (Å²) in [5, 5.41) is 0. The molecule has 1 saturated heterocycles. The summed E-state index contributed by atoms with van der Waals surface area (Å²) in [5.41, 5.74) is 0.560. The van der Waals surface area contributed by atoms with Crippen molar-refractivity contribution in [1.82, 2.24) is 0 Å². The fourth-order valence-electron chi connectivity index (χ4n) is 2.01. The minimum atomic E-state index is -3.58. The number of rotatable bonds is 6. The van der Waals surface area contributed by atoms with Gasteiger partial charge in [0.15, 0.2) is 11.5 Å². The van der Waals surface area contributed by atoms with E-state index in [1.807, 2.05) is 0 Å². The maximum absolute atomic E-state index is 11.9. The number of hydrogen-bond acceptors (Lipinski definition) is 7. The Morgan fingerprint density at radius 1 is 1.27 bits per heavy atom. The summed E-state index contributed by atoms with van der Waals surface area (Å²) in [4.78, 5) is 13.3. The largest absolute Gasteiger partial charge is 0.493 e. The predicted molar refractivity (Wildman–Crippen MR) is 78.0 cm³/mol. The minimum absolute atomic E-state index is 0.184. The Balaban J connectivity index is 2.11. The van der Waals surface area contributed by atoms with E-state index in [-0.39, 0.29) is 13.2 Å². The van der Waals surface area contributed by atoms with E-state index in [0.717, 1.165) is 6.26 Å². The highest BCUT2D eigenvalue weighted by Gasteiger charge is 2.33. The summed E-state index contributed by atoms with van der Waals surface area (Å²) in [7, 11) is -0.570. The third-order valence-corrected chi connectivity index (χ3v) is 3.59. The Bertz CT molecular complexity index is 658. The van der Waals surface area contributed by atoms with Crippen LogP contribution in [0.2, 0.25) is 0 Å². The average Bonchev–Trinajstić information content (AvgIpc) is 2.85. The molecule has 9 heteroatoms. The summed E-state index contributed by atoms with van der Waals surface area (Å²) in [6.07, 6.45) is -0.291. The van der Waals surface area contributed by atoms with Crippen molar-refractivity contribution in [3.63, 3.8) is 0 Å². The summed E-state index contributed by atoms with van der Waals surface area (Å²) in [6, 6.07) is 4.99. The molecule has 1 amide bonds. The fraction of sp³-hybridized carbons (Fsp3) is 0.462. The van der Waals surface area contributed by atoms with Gasteiger partial charge >= 0.3 is 6.09 Å². The van der Waals surface area contributed by atoms with Crippen molar-refractivity contribution < 1.29 is 31.6 Å². The monoisotopic (exact) mass is 331 g/mol. The summed E-state index contributed by atoms with van der Waals surface area (Å²) < 4.78 is 42.0. The first kappa shape index (κ1) is 16.4. The van der Waals surface area contributed by atoms with Crippen molar-refractivity contribution in [2.24, 2.45) is 0 Å². The second-order valence-corrected chi connectivity index (χ2v) is 6.29. The van der Waals surface area contributed by atoms with Crippen molar-refractivity contribution in [2.75, 3.05) is 38.5 Å². The molecule has 1 fully saturated rings. The molecule has 0 radical (unpaired) electrons. The van der Waals surface area contributed by atoms with Crippen molar-refractivity contribution >= 4 is 21.9 Å². The van der Waals surface area contributed by atoms with Crippen LogP contribution in [0.25, 0.3) is 0 Å². The Morgan fingerprint density at radius 3 is 2.55 bits per heavy atom. The van der Waals surface area contributed by atoms with Gasteiger partial charge in [-0.15, -0.1) is 0 Å². The zero-order valence-electron chi connectivity index (χ0n) is 12.4. The summed E-state index contributed by atoms with van der Waals surface area (Å²) in [6.45, 7) is -0.0296. The van der Waals surface area contributed by atoms with Crippen LogP contribution < -0.4 is 14.4 Å². The average molecular weight is 331 g/mol. The molecule has 0 spiro atoms. The van der Waals surface area contributed by atoms with Crippen LogP contribution in [0.5, 0.6) is 11.5 Å². The van der Waals surface area contributed by atoms with E-state index in [1.54, 1.807) is 18.2 Å². The van der Waals surface area contributed by atoms with Gasteiger partial charge in [-0.05, 0) is 12.1 Å². The smallest absolute Gasteiger partial charge is 0.414 e. The van der Waals surface area contributed by atoms with E-state index >= 15 is 0 Å². The number of benzene rings is 1. The van der Waals surface area contributed by atoms with Crippen LogP contribution in [-0.2, 0) is 19.0 Å². The first-order valence-corrected chi connectivity index (χ1v) is 8.20. The minimum Gasteiger partial charge on any atom is -0.493 e. The lowest BCUT2D eigenvalue weighted by atomic mass is 10.2. The Morgan fingerprint density at radius 2 is 1.95 bits per heavy atom. The molecule has 1 aromatic carbocycles. The van der Waals surface area contributed by atoms with Gasteiger partial charge < -0.3 is 14.2 Å². The number of methoxy groups -OCH3 is 2. The topological polar surface area (TPSA) is 91.4 Å². The maximum Gasteiger partial charge on any atom is 0.414 e. The third kappa shape index (κ3) is 3.80. The van der Waals surface area contributed by atoms with Gasteiger partial charge in [0.05, 0.1) is 32.7 Å². The molecule has 122 valence electrons. The summed E-state index contributed by atoms with van der Waals surface area (Å²) in [5.74, 6) is 1.01. The van der Waals surface area contributed by atoms with E-state index in [1.165, 1.54) is 19.1 Å². The number of anilines is 1. The van der Waals surface area contributed by atoms with Crippen LogP contribution in [0, 0.1) is 0 Å². The quantitative estimate of drug-likeness (QED) is 0.718. The molecule has 1 aliphatic rings. The van der Waals surface area contributed by atoms with Crippen LogP contribution in [-0.4, -0.2) is 54.2 Å². The molecule has 1 atom stereocenters. The van der Waals surface area contributed by atoms with Gasteiger partial charge in [0.2, 0.25) is 0 Å². The third-order valence-electron chi connectivity index (χ3n) is 3.02. The van der Waals surface area contributed by atoms with Crippen LogP contribution >= 0.6 is 0 Å². The molecule has 0 saturated carbocycles. The molecule has 0 bridgehead atoms. The van der Waals surface area contributed by atoms with Gasteiger partial charge in [-0.1, -0.05) is 0 Å². The zero-order valence-corrected chi connectivity index (χ0v) is 13.3. The number of ether oxygens (including phenoxy) is 3. The van der Waals surface area contributed by atoms with Crippen LogP contribution in [0.3, 0.4) is 0 Å². The molecule has 0 aliphatic carbocycles. The van der Waals surface area contributed by atoms with Crippen molar-refractivity contribution in [2.45, 2.75) is 6.10 Å². The van der Waals surface area contributed by atoms with Crippen molar-refractivity contribution in [3.8, 4) is 11.5 Å². The van der Waals surface area contributed by atoms with Gasteiger partial charge in [0.1, 0.15) is 12.7 Å². The highest BCUT2D eigenvalue weighted by molar-refractivity contribution is 7.85. The Labute approximate surface area is 128 Å². The van der Waals surface area contributed by atoms with E-state index in [9.17, 15) is 13.2 Å². The predicted octanol–water partition coefficient (Wildman–Crippen LogP) is 1.01. The normalized spacial score (nSPS) is 18.2. The van der Waals surface area contributed by atoms with Crippen molar-refractivity contribution in [3.05, 3.63) is 18.2 Å². The molecule has 1 unspecified atom stereocenters. The van der Waals surface area contributed by atoms with Crippen LogP contribution in [0.1, 0.15) is 0 Å². The number of hydrogen-bond donors (Lipinski definition) is 0. The van der Waals surface area contributed by atoms with E-state index in [4.69, 9.17) is 14.2 Å². The fourth-order valence-corrected chi connectivity index (χ4v) is 2.41. The van der Waals surface area contributed by atoms with Gasteiger partial charge in [-0.25, -0.2) is 4.79 Å². The lowest BCUT2D eigenvalue weighted by molar-refractivity contribution is 0.107. The number of amides is 1. The number of carbonyl (C=O) groups excluding carboxylic acids is 1. The van der Waals surface area contributed by atoms with Gasteiger partial charge in [0.25, 0.3) is 10.1 Å². The van der Waals surface area contributed by atoms with Crippen LogP contribution in [0.15, 0.2) is 18.2 Å². The maximum atomic E-state index is 11.9. The Hall–Kier alpha value is -2.00. The number of nitrogens with zero attached hydrogens (tertiary/aromatic N) is 1. The molecule has 1 heterocycles. The van der Waals surface area contributed by atoms with Gasteiger partial charge in [0, 0.05) is 6.07 Å². The molecule has 1 aliphatic heterocycles. The molecule has 0 aromatic heterocycles. The number of cyclic esters (lactones) is 1. The van der Waals surface area contributed by atoms with Gasteiger partial charge in [-0.2, -0.15) is 8.42 Å². The molecule has 8 nitrogen and oxygen atoms in total. The molecule has 0 N–H and O–H groups in total. The first-order valence-electron chi connectivity index (χ1n) is 6.38. The standard InChI is InChI=1S/C13H17NO7S/c1-18-11-5-4-9(6-12(11)19-2)14-7-10(21-13(14)15)8-20-22(3,16)17/h4-6,10H,7-8H2,1-3H3. The Kier molecular flexibility index (Phi) is 4.77. The van der Waals surface area contributed by atoms with Crippen molar-refractivity contribution in [1.29, 1.82) is 0 Å². The molecule has 22 heavy (non-hydrogen) atoms. The molecular weight excluding hydrogens is 314 g/mol. The van der Waals surface area contributed by atoms with E-state index in [2.05, 4.69) is 4.18 Å². The molecular formula is C13H17NO7S. The molecule has 1 aromatic rings. The highest BCUT2D eigenvalue weighted by atomic mass is 32.2. The molecule has 2 rings (SSSR count). The van der Waals surface area contributed by atoms with E-state index in [0.29, 0.717) is 17.2 Å². The number of carbonyl (C=O) groups is 1. The zero-order chi connectivity index (χ0) is 16.3. The lowest BCUT2D eigenvalue weighted by Gasteiger charge is -2.15. The SMILES string of the molecule is COc1ccc(N2CC(COS(C)(=O)=O)OC2=O)cc1OC. The van der Waals surface area contributed by atoms with Crippen LogP contribution in [0.4, 0.5) is 10.5 Å². The first-order chi connectivity index (χ1) is 10.3. The lowest BCUT2D eigenvalue weighted by Crippen LogP contribution is -2.26. The van der Waals surface area contributed by atoms with Gasteiger partial charge in [-0.3, -0.25) is 9.08 Å². The summed E-state index contributed by atoms with van der Waals surface area (Å²) >= 11 is 0. The second-order valence-electron chi connectivity index (χ2n) is 4.64. The highest BCUT2D eigenvalue weighted by Crippen LogP contribution is 2.33.